The second-order valence-corrected chi connectivity index (χ2v) is 4.42. The molecule has 1 N–H and O–H groups in total. The highest BCUT2D eigenvalue weighted by Crippen LogP contribution is 2.29. The summed E-state index contributed by atoms with van der Waals surface area (Å²) in [5.74, 6) is -3.14. The zero-order valence-electron chi connectivity index (χ0n) is 9.86. The standard InChI is InChI=1S/C13H10F2N2O2/c14-8-4-2-6-10(11(8)15)17-9-5-1-3-7(9)12(16-17)13(18)19/h2,4,6H,1,3,5H2,(H,18,19). The molecule has 19 heavy (non-hydrogen) atoms. The first-order valence-electron chi connectivity index (χ1n) is 5.88. The van der Waals surface area contributed by atoms with Crippen LogP contribution in [0.2, 0.25) is 0 Å². The number of hydrogen-bond donors (Lipinski definition) is 1. The number of rotatable bonds is 2. The number of aromatic nitrogens is 2. The highest BCUT2D eigenvalue weighted by Gasteiger charge is 2.27. The van der Waals surface area contributed by atoms with Crippen molar-refractivity contribution in [2.24, 2.45) is 0 Å². The summed E-state index contributed by atoms with van der Waals surface area (Å²) in [5, 5.41) is 13.0. The average molecular weight is 264 g/mol. The van der Waals surface area contributed by atoms with Crippen LogP contribution in [0.25, 0.3) is 5.69 Å². The molecule has 0 saturated heterocycles. The van der Waals surface area contributed by atoms with Crippen molar-refractivity contribution < 1.29 is 18.7 Å². The number of nitrogens with zero attached hydrogens (tertiary/aromatic N) is 2. The van der Waals surface area contributed by atoms with Gasteiger partial charge >= 0.3 is 5.97 Å². The Labute approximate surface area is 107 Å². The highest BCUT2D eigenvalue weighted by molar-refractivity contribution is 5.87. The van der Waals surface area contributed by atoms with Crippen LogP contribution in [0.15, 0.2) is 18.2 Å². The molecule has 0 bridgehead atoms. The van der Waals surface area contributed by atoms with Gasteiger partial charge in [0.2, 0.25) is 0 Å². The van der Waals surface area contributed by atoms with Crippen LogP contribution in [-0.4, -0.2) is 20.9 Å². The lowest BCUT2D eigenvalue weighted by molar-refractivity contribution is 0.0689. The maximum absolute atomic E-state index is 13.8. The molecule has 0 radical (unpaired) electrons. The fraction of sp³-hybridized carbons (Fsp3) is 0.231. The first-order valence-corrected chi connectivity index (χ1v) is 5.88. The van der Waals surface area contributed by atoms with Gasteiger partial charge in [0.1, 0.15) is 5.69 Å². The topological polar surface area (TPSA) is 55.1 Å². The molecule has 0 aliphatic heterocycles. The van der Waals surface area contributed by atoms with Crippen LogP contribution in [0.4, 0.5) is 8.78 Å². The van der Waals surface area contributed by atoms with Crippen LogP contribution >= 0.6 is 0 Å². The lowest BCUT2D eigenvalue weighted by atomic mass is 10.2. The predicted octanol–water partition coefficient (Wildman–Crippen LogP) is 2.34. The average Bonchev–Trinajstić information content (AvgIpc) is 2.94. The monoisotopic (exact) mass is 264 g/mol. The van der Waals surface area contributed by atoms with Crippen molar-refractivity contribution in [1.29, 1.82) is 0 Å². The third-order valence-electron chi connectivity index (χ3n) is 3.29. The minimum Gasteiger partial charge on any atom is -0.476 e. The molecule has 1 aromatic heterocycles. The van der Waals surface area contributed by atoms with E-state index in [1.807, 2.05) is 0 Å². The first-order chi connectivity index (χ1) is 9.09. The third-order valence-corrected chi connectivity index (χ3v) is 3.29. The maximum atomic E-state index is 13.8. The molecule has 0 spiro atoms. The minimum absolute atomic E-state index is 0.0503. The smallest absolute Gasteiger partial charge is 0.356 e. The Morgan fingerprint density at radius 3 is 2.84 bits per heavy atom. The molecule has 3 rings (SSSR count). The molecule has 1 aromatic carbocycles. The van der Waals surface area contributed by atoms with Gasteiger partial charge in [0, 0.05) is 11.3 Å². The van der Waals surface area contributed by atoms with Crippen molar-refractivity contribution in [3.63, 3.8) is 0 Å². The molecule has 0 saturated carbocycles. The zero-order chi connectivity index (χ0) is 13.6. The molecular weight excluding hydrogens is 254 g/mol. The summed E-state index contributed by atoms with van der Waals surface area (Å²) < 4.78 is 28.2. The van der Waals surface area contributed by atoms with Crippen molar-refractivity contribution in [2.45, 2.75) is 19.3 Å². The maximum Gasteiger partial charge on any atom is 0.356 e. The van der Waals surface area contributed by atoms with Crippen LogP contribution in [0.1, 0.15) is 28.2 Å². The summed E-state index contributed by atoms with van der Waals surface area (Å²) in [5.41, 5.74) is 1.15. The van der Waals surface area contributed by atoms with Crippen LogP contribution in [0.3, 0.4) is 0 Å². The van der Waals surface area contributed by atoms with Gasteiger partial charge in [0.05, 0.1) is 0 Å². The van der Waals surface area contributed by atoms with Crippen molar-refractivity contribution >= 4 is 5.97 Å². The Hall–Kier alpha value is -2.24. The van der Waals surface area contributed by atoms with Crippen LogP contribution in [-0.2, 0) is 12.8 Å². The van der Waals surface area contributed by atoms with E-state index < -0.39 is 17.6 Å². The van der Waals surface area contributed by atoms with Gasteiger partial charge < -0.3 is 5.11 Å². The third kappa shape index (κ3) is 1.71. The van der Waals surface area contributed by atoms with Crippen molar-refractivity contribution in [3.05, 3.63) is 46.8 Å². The number of fused-ring (bicyclic) bond motifs is 1. The summed E-state index contributed by atoms with van der Waals surface area (Å²) in [4.78, 5) is 11.1. The molecule has 98 valence electrons. The highest BCUT2D eigenvalue weighted by atomic mass is 19.2. The molecule has 0 fully saturated rings. The Kier molecular flexibility index (Phi) is 2.58. The molecule has 2 aromatic rings. The van der Waals surface area contributed by atoms with E-state index in [0.717, 1.165) is 12.5 Å². The zero-order valence-corrected chi connectivity index (χ0v) is 9.86. The number of carboxylic acids is 1. The van der Waals surface area contributed by atoms with E-state index in [2.05, 4.69) is 5.10 Å². The summed E-state index contributed by atoms with van der Waals surface area (Å²) in [7, 11) is 0. The fourth-order valence-electron chi connectivity index (χ4n) is 2.46. The molecule has 0 amide bonds. The van der Waals surface area contributed by atoms with Crippen molar-refractivity contribution in [3.8, 4) is 5.69 Å². The Balaban J connectivity index is 2.24. The number of aromatic carboxylic acids is 1. The summed E-state index contributed by atoms with van der Waals surface area (Å²) in [6.45, 7) is 0. The van der Waals surface area contributed by atoms with E-state index in [0.29, 0.717) is 24.1 Å². The second-order valence-electron chi connectivity index (χ2n) is 4.42. The van der Waals surface area contributed by atoms with E-state index in [9.17, 15) is 13.6 Å². The minimum atomic E-state index is -1.14. The first kappa shape index (κ1) is 11.8. The SMILES string of the molecule is O=C(O)c1nn(-c2cccc(F)c2F)c2c1CCC2. The van der Waals surface area contributed by atoms with Crippen LogP contribution < -0.4 is 0 Å². The van der Waals surface area contributed by atoms with Gasteiger partial charge in [0.15, 0.2) is 17.3 Å². The Morgan fingerprint density at radius 1 is 1.32 bits per heavy atom. The van der Waals surface area contributed by atoms with Gasteiger partial charge in [-0.05, 0) is 31.4 Å². The van der Waals surface area contributed by atoms with E-state index in [1.54, 1.807) is 0 Å². The number of hydrogen-bond acceptors (Lipinski definition) is 2. The molecule has 1 heterocycles. The Morgan fingerprint density at radius 2 is 2.11 bits per heavy atom. The van der Waals surface area contributed by atoms with E-state index in [-0.39, 0.29) is 11.4 Å². The number of halogens is 2. The van der Waals surface area contributed by atoms with Crippen molar-refractivity contribution in [1.82, 2.24) is 9.78 Å². The van der Waals surface area contributed by atoms with E-state index >= 15 is 0 Å². The normalized spacial score (nSPS) is 13.6. The molecule has 1 aliphatic rings. The summed E-state index contributed by atoms with van der Waals surface area (Å²) in [6, 6.07) is 3.77. The number of carbonyl (C=O) groups is 1. The lowest BCUT2D eigenvalue weighted by Gasteiger charge is -2.06. The lowest BCUT2D eigenvalue weighted by Crippen LogP contribution is -2.07. The van der Waals surface area contributed by atoms with Gasteiger partial charge in [-0.1, -0.05) is 6.07 Å². The molecular formula is C13H10F2N2O2. The molecule has 0 unspecified atom stereocenters. The van der Waals surface area contributed by atoms with Crippen LogP contribution in [0, 0.1) is 11.6 Å². The molecule has 4 nitrogen and oxygen atoms in total. The van der Waals surface area contributed by atoms with Gasteiger partial charge in [-0.2, -0.15) is 5.10 Å². The summed E-state index contributed by atoms with van der Waals surface area (Å²) >= 11 is 0. The second kappa shape index (κ2) is 4.15. The molecule has 1 aliphatic carbocycles. The quantitative estimate of drug-likeness (QED) is 0.905. The predicted molar refractivity (Wildman–Crippen MR) is 62.5 cm³/mol. The fourth-order valence-corrected chi connectivity index (χ4v) is 2.46. The molecule has 6 heteroatoms. The largest absolute Gasteiger partial charge is 0.476 e. The van der Waals surface area contributed by atoms with E-state index in [1.165, 1.54) is 16.8 Å². The number of carboxylic acid groups (broad SMARTS) is 1. The van der Waals surface area contributed by atoms with Crippen molar-refractivity contribution in [2.75, 3.05) is 0 Å². The van der Waals surface area contributed by atoms with Gasteiger partial charge in [0.25, 0.3) is 0 Å². The van der Waals surface area contributed by atoms with E-state index in [4.69, 9.17) is 5.11 Å². The summed E-state index contributed by atoms with van der Waals surface area (Å²) in [6.07, 6.45) is 2.02. The number of benzene rings is 1. The van der Waals surface area contributed by atoms with Crippen LogP contribution in [0.5, 0.6) is 0 Å². The van der Waals surface area contributed by atoms with Gasteiger partial charge in [-0.3, -0.25) is 0 Å². The van der Waals surface area contributed by atoms with Gasteiger partial charge in [-0.25, -0.2) is 18.3 Å². The van der Waals surface area contributed by atoms with Gasteiger partial charge in [-0.15, -0.1) is 0 Å². The molecule has 0 atom stereocenters. The Bertz CT molecular complexity index is 680.